The number of rotatable bonds is 4. The fourth-order valence-corrected chi connectivity index (χ4v) is 2.17. The second kappa shape index (κ2) is 5.14. The average molecular weight is 234 g/mol. The highest BCUT2D eigenvalue weighted by atomic mass is 16.5. The second-order valence-electron chi connectivity index (χ2n) is 4.37. The zero-order valence-corrected chi connectivity index (χ0v) is 10.0. The molecule has 0 bridgehead atoms. The highest BCUT2D eigenvalue weighted by Crippen LogP contribution is 2.22. The summed E-state index contributed by atoms with van der Waals surface area (Å²) in [5.41, 5.74) is 6.20. The van der Waals surface area contributed by atoms with E-state index in [4.69, 9.17) is 15.9 Å². The smallest absolute Gasteiger partial charge is 0.129 e. The van der Waals surface area contributed by atoms with E-state index in [1.165, 1.54) is 0 Å². The monoisotopic (exact) mass is 234 g/mol. The van der Waals surface area contributed by atoms with Gasteiger partial charge in [-0.15, -0.1) is 0 Å². The van der Waals surface area contributed by atoms with E-state index in [0.29, 0.717) is 5.92 Å². The summed E-state index contributed by atoms with van der Waals surface area (Å²) in [6, 6.07) is 3.63. The topological polar surface area (TPSA) is 75.2 Å². The van der Waals surface area contributed by atoms with Crippen LogP contribution < -0.4 is 10.6 Å². The number of nitrogens with two attached hydrogens (primary N) is 1. The molecule has 0 amide bonds. The van der Waals surface area contributed by atoms with E-state index in [-0.39, 0.29) is 5.84 Å². The van der Waals surface area contributed by atoms with Gasteiger partial charge in [0.1, 0.15) is 11.7 Å². The fourth-order valence-electron chi connectivity index (χ4n) is 2.17. The highest BCUT2D eigenvalue weighted by molar-refractivity contribution is 5.95. The molecule has 0 radical (unpaired) electrons. The Kier molecular flexibility index (Phi) is 3.58. The molecule has 3 N–H and O–H groups in total. The van der Waals surface area contributed by atoms with Gasteiger partial charge in [0.05, 0.1) is 6.61 Å². The third kappa shape index (κ3) is 2.74. The van der Waals surface area contributed by atoms with Gasteiger partial charge in [-0.2, -0.15) is 0 Å². The number of nitrogen functional groups attached to an aromatic ring is 1. The third-order valence-corrected chi connectivity index (χ3v) is 3.07. The number of nitrogens with one attached hydrogen (secondary N) is 1. The van der Waals surface area contributed by atoms with Gasteiger partial charge < -0.3 is 15.4 Å². The summed E-state index contributed by atoms with van der Waals surface area (Å²) in [5, 5.41) is 7.42. The molecular weight excluding hydrogens is 216 g/mol. The lowest BCUT2D eigenvalue weighted by Crippen LogP contribution is -2.22. The summed E-state index contributed by atoms with van der Waals surface area (Å²) in [5.74, 6) is 1.56. The maximum atomic E-state index is 7.42. The van der Waals surface area contributed by atoms with Crippen LogP contribution in [0.4, 0.5) is 5.82 Å². The first-order valence-corrected chi connectivity index (χ1v) is 5.75. The molecule has 1 atom stereocenters. The van der Waals surface area contributed by atoms with E-state index in [1.807, 2.05) is 6.07 Å². The summed E-state index contributed by atoms with van der Waals surface area (Å²) >= 11 is 0. The number of hydrogen-bond donors (Lipinski definition) is 2. The predicted molar refractivity (Wildman–Crippen MR) is 67.4 cm³/mol. The molecule has 1 saturated heterocycles. The van der Waals surface area contributed by atoms with Gasteiger partial charge in [0.15, 0.2) is 0 Å². The van der Waals surface area contributed by atoms with Crippen LogP contribution in [0.3, 0.4) is 0 Å². The van der Waals surface area contributed by atoms with Crippen molar-refractivity contribution in [2.45, 2.75) is 6.42 Å². The number of anilines is 1. The molecule has 1 aromatic heterocycles. The number of amidine groups is 1. The van der Waals surface area contributed by atoms with Crippen LogP contribution in [0.15, 0.2) is 18.3 Å². The Bertz CT molecular complexity index is 407. The molecule has 0 saturated carbocycles. The van der Waals surface area contributed by atoms with Gasteiger partial charge in [-0.05, 0) is 18.6 Å². The van der Waals surface area contributed by atoms with Crippen LogP contribution in [-0.4, -0.2) is 37.6 Å². The molecule has 5 nitrogen and oxygen atoms in total. The van der Waals surface area contributed by atoms with Crippen molar-refractivity contribution in [3.8, 4) is 0 Å². The molecule has 0 aromatic carbocycles. The Balaban J connectivity index is 2.08. The van der Waals surface area contributed by atoms with Crippen molar-refractivity contribution in [2.75, 3.05) is 31.7 Å². The minimum Gasteiger partial charge on any atom is -0.384 e. The van der Waals surface area contributed by atoms with Crippen molar-refractivity contribution in [1.29, 1.82) is 5.41 Å². The van der Waals surface area contributed by atoms with Crippen LogP contribution in [-0.2, 0) is 4.74 Å². The van der Waals surface area contributed by atoms with Crippen LogP contribution in [0.1, 0.15) is 12.0 Å². The van der Waals surface area contributed by atoms with Gasteiger partial charge in [-0.3, -0.25) is 5.41 Å². The molecule has 92 valence electrons. The van der Waals surface area contributed by atoms with Gasteiger partial charge in [-0.25, -0.2) is 4.98 Å². The highest BCUT2D eigenvalue weighted by Gasteiger charge is 2.23. The molecule has 1 unspecified atom stereocenters. The lowest BCUT2D eigenvalue weighted by atomic mass is 10.1. The van der Waals surface area contributed by atoms with Gasteiger partial charge in [0.2, 0.25) is 0 Å². The minimum absolute atomic E-state index is 0.0845. The van der Waals surface area contributed by atoms with Crippen molar-refractivity contribution < 1.29 is 4.74 Å². The van der Waals surface area contributed by atoms with Crippen molar-refractivity contribution in [2.24, 2.45) is 11.7 Å². The summed E-state index contributed by atoms with van der Waals surface area (Å²) in [6.07, 6.45) is 2.83. The van der Waals surface area contributed by atoms with E-state index in [9.17, 15) is 0 Å². The fraction of sp³-hybridized carbons (Fsp3) is 0.500. The lowest BCUT2D eigenvalue weighted by molar-refractivity contribution is 0.161. The van der Waals surface area contributed by atoms with Crippen LogP contribution in [0.5, 0.6) is 0 Å². The minimum atomic E-state index is 0.0845. The zero-order valence-electron chi connectivity index (χ0n) is 10.0. The Morgan fingerprint density at radius 3 is 3.24 bits per heavy atom. The Morgan fingerprint density at radius 1 is 1.71 bits per heavy atom. The number of hydrogen-bond acceptors (Lipinski definition) is 4. The first-order chi connectivity index (χ1) is 8.20. The SMILES string of the molecule is COCC1CCN(c2cc(C(=N)N)ccn2)C1. The van der Waals surface area contributed by atoms with Crippen LogP contribution in [0.2, 0.25) is 0 Å². The Hall–Kier alpha value is -1.62. The predicted octanol–water partition coefficient (Wildman–Crippen LogP) is 0.838. The van der Waals surface area contributed by atoms with Crippen LogP contribution in [0, 0.1) is 11.3 Å². The molecule has 17 heavy (non-hydrogen) atoms. The van der Waals surface area contributed by atoms with Gasteiger partial charge in [0, 0.05) is 37.9 Å². The average Bonchev–Trinajstić information content (AvgIpc) is 2.78. The summed E-state index contributed by atoms with van der Waals surface area (Å²) in [7, 11) is 1.73. The summed E-state index contributed by atoms with van der Waals surface area (Å²) < 4.78 is 5.17. The van der Waals surface area contributed by atoms with Crippen LogP contribution in [0.25, 0.3) is 0 Å². The Morgan fingerprint density at radius 2 is 2.53 bits per heavy atom. The normalized spacial score (nSPS) is 19.6. The van der Waals surface area contributed by atoms with E-state index >= 15 is 0 Å². The molecule has 2 heterocycles. The largest absolute Gasteiger partial charge is 0.384 e. The number of methoxy groups -OCH3 is 1. The summed E-state index contributed by atoms with van der Waals surface area (Å²) in [6.45, 7) is 2.74. The maximum Gasteiger partial charge on any atom is 0.129 e. The summed E-state index contributed by atoms with van der Waals surface area (Å²) in [4.78, 5) is 6.55. The molecule has 5 heteroatoms. The maximum absolute atomic E-state index is 7.42. The van der Waals surface area contributed by atoms with E-state index in [2.05, 4.69) is 9.88 Å². The third-order valence-electron chi connectivity index (χ3n) is 3.07. The number of nitrogens with zero attached hydrogens (tertiary/aromatic N) is 2. The lowest BCUT2D eigenvalue weighted by Gasteiger charge is -2.17. The molecule has 0 spiro atoms. The zero-order chi connectivity index (χ0) is 12.3. The number of aromatic nitrogens is 1. The van der Waals surface area contributed by atoms with Gasteiger partial charge in [0.25, 0.3) is 0 Å². The van der Waals surface area contributed by atoms with Crippen molar-refractivity contribution in [3.63, 3.8) is 0 Å². The van der Waals surface area contributed by atoms with Crippen molar-refractivity contribution in [1.82, 2.24) is 4.98 Å². The first-order valence-electron chi connectivity index (χ1n) is 5.75. The van der Waals surface area contributed by atoms with E-state index in [0.717, 1.165) is 37.5 Å². The molecule has 0 aliphatic carbocycles. The van der Waals surface area contributed by atoms with E-state index in [1.54, 1.807) is 19.4 Å². The van der Waals surface area contributed by atoms with E-state index < -0.39 is 0 Å². The van der Waals surface area contributed by atoms with Gasteiger partial charge >= 0.3 is 0 Å². The first kappa shape index (κ1) is 11.9. The standard InChI is InChI=1S/C12H18N4O/c1-17-8-9-3-5-16(7-9)11-6-10(12(13)14)2-4-15-11/h2,4,6,9H,3,5,7-8H2,1H3,(H3,13,14). The molecule has 1 aromatic rings. The molecule has 1 aliphatic rings. The second-order valence-corrected chi connectivity index (χ2v) is 4.37. The molecular formula is C12H18N4O. The molecule has 2 rings (SSSR count). The number of pyridine rings is 1. The van der Waals surface area contributed by atoms with Crippen LogP contribution >= 0.6 is 0 Å². The van der Waals surface area contributed by atoms with Crippen molar-refractivity contribution in [3.05, 3.63) is 23.9 Å². The molecule has 1 aliphatic heterocycles. The quantitative estimate of drug-likeness (QED) is 0.598. The van der Waals surface area contributed by atoms with Gasteiger partial charge in [-0.1, -0.05) is 0 Å². The molecule has 1 fully saturated rings. The number of ether oxygens (including phenoxy) is 1. The Labute approximate surface area is 101 Å². The van der Waals surface area contributed by atoms with Crippen molar-refractivity contribution >= 4 is 11.7 Å².